The molecule has 266 valence electrons. The van der Waals surface area contributed by atoms with Crippen molar-refractivity contribution in [1.82, 2.24) is 5.32 Å². The van der Waals surface area contributed by atoms with E-state index in [0.29, 0.717) is 6.42 Å². The maximum absolute atomic E-state index is 12.4. The molecule has 0 heterocycles. The van der Waals surface area contributed by atoms with Crippen LogP contribution in [0.3, 0.4) is 0 Å². The van der Waals surface area contributed by atoms with E-state index < -0.39 is 18.2 Å². The van der Waals surface area contributed by atoms with E-state index in [4.69, 9.17) is 0 Å². The van der Waals surface area contributed by atoms with Crippen LogP contribution in [0.4, 0.5) is 0 Å². The van der Waals surface area contributed by atoms with Crippen LogP contribution in [0.5, 0.6) is 0 Å². The molecule has 0 aliphatic carbocycles. The lowest BCUT2D eigenvalue weighted by atomic mass is 10.0. The summed E-state index contributed by atoms with van der Waals surface area (Å²) in [5.41, 5.74) is 0. The molecule has 0 bridgehead atoms. The predicted octanol–water partition coefficient (Wildman–Crippen LogP) is 10.7. The lowest BCUT2D eigenvalue weighted by Gasteiger charge is -2.21. The summed E-state index contributed by atoms with van der Waals surface area (Å²) >= 11 is 0. The molecule has 0 fully saturated rings. The van der Waals surface area contributed by atoms with Gasteiger partial charge >= 0.3 is 0 Å². The third-order valence-corrected chi connectivity index (χ3v) is 8.98. The number of nitrogens with one attached hydrogen (secondary N) is 1. The summed E-state index contributed by atoms with van der Waals surface area (Å²) in [6.07, 6.45) is 41.6. The Bertz CT molecular complexity index is 665. The second-order valence-electron chi connectivity index (χ2n) is 13.5. The Labute approximate surface area is 280 Å². The molecule has 0 aliphatic heterocycles. The summed E-state index contributed by atoms with van der Waals surface area (Å²) in [4.78, 5) is 12.4. The lowest BCUT2D eigenvalue weighted by molar-refractivity contribution is -0.124. The number of aliphatic hydroxyl groups excluding tert-OH is 3. The number of carbonyl (C=O) groups excluding carboxylic acids is 1. The quantitative estimate of drug-likeness (QED) is 0.0412. The van der Waals surface area contributed by atoms with Gasteiger partial charge in [-0.3, -0.25) is 4.79 Å². The van der Waals surface area contributed by atoms with Crippen LogP contribution in [0.25, 0.3) is 0 Å². The third-order valence-electron chi connectivity index (χ3n) is 8.98. The first-order chi connectivity index (χ1) is 22.0. The van der Waals surface area contributed by atoms with E-state index in [1.807, 2.05) is 6.08 Å². The van der Waals surface area contributed by atoms with Crippen molar-refractivity contribution in [3.63, 3.8) is 0 Å². The van der Waals surface area contributed by atoms with E-state index in [2.05, 4.69) is 31.3 Å². The van der Waals surface area contributed by atoms with Gasteiger partial charge in [0.2, 0.25) is 5.91 Å². The van der Waals surface area contributed by atoms with Crippen LogP contribution in [0.2, 0.25) is 0 Å². The lowest BCUT2D eigenvalue weighted by Crippen LogP contribution is -2.45. The first-order valence-corrected chi connectivity index (χ1v) is 19.6. The maximum Gasteiger partial charge on any atom is 0.222 e. The first-order valence-electron chi connectivity index (χ1n) is 19.6. The van der Waals surface area contributed by atoms with E-state index in [-0.39, 0.29) is 18.9 Å². The highest BCUT2D eigenvalue weighted by Crippen LogP contribution is 2.14. The highest BCUT2D eigenvalue weighted by atomic mass is 16.3. The smallest absolute Gasteiger partial charge is 0.222 e. The fourth-order valence-electron chi connectivity index (χ4n) is 5.92. The average Bonchev–Trinajstić information content (AvgIpc) is 3.03. The molecular formula is C40H77NO4. The standard InChI is InChI=1S/C40H77NO4/c1-3-5-7-9-11-13-15-17-18-19-20-21-22-23-25-27-29-31-33-37(43)35-40(45)41-38(36-42)39(44)34-32-30-28-26-24-16-14-12-10-8-6-4-2/h20-21,32,34,37-39,42-44H,3-19,22-31,33,35-36H2,1-2H3,(H,41,45)/b21-20-,34-32+. The zero-order chi connectivity index (χ0) is 33.1. The highest BCUT2D eigenvalue weighted by molar-refractivity contribution is 5.76. The molecule has 1 amide bonds. The molecule has 5 nitrogen and oxygen atoms in total. The Hall–Kier alpha value is -1.17. The van der Waals surface area contributed by atoms with Crippen LogP contribution in [0.1, 0.15) is 200 Å². The molecule has 45 heavy (non-hydrogen) atoms. The molecule has 0 saturated heterocycles. The van der Waals surface area contributed by atoms with Crippen LogP contribution in [-0.2, 0) is 4.79 Å². The van der Waals surface area contributed by atoms with Gasteiger partial charge < -0.3 is 20.6 Å². The maximum atomic E-state index is 12.4. The van der Waals surface area contributed by atoms with Gasteiger partial charge in [-0.1, -0.05) is 173 Å². The fourth-order valence-corrected chi connectivity index (χ4v) is 5.92. The Kier molecular flexibility index (Phi) is 34.8. The number of hydrogen-bond donors (Lipinski definition) is 4. The molecule has 0 aromatic rings. The van der Waals surface area contributed by atoms with E-state index >= 15 is 0 Å². The molecule has 0 rings (SSSR count). The van der Waals surface area contributed by atoms with E-state index in [0.717, 1.165) is 38.5 Å². The monoisotopic (exact) mass is 636 g/mol. The first kappa shape index (κ1) is 43.8. The van der Waals surface area contributed by atoms with Crippen LogP contribution in [0.15, 0.2) is 24.3 Å². The minimum absolute atomic E-state index is 0.00922. The Morgan fingerprint density at radius 3 is 1.36 bits per heavy atom. The molecule has 0 aromatic heterocycles. The number of amides is 1. The van der Waals surface area contributed by atoms with Gasteiger partial charge in [-0.15, -0.1) is 0 Å². The topological polar surface area (TPSA) is 89.8 Å². The van der Waals surface area contributed by atoms with Crippen molar-refractivity contribution in [3.8, 4) is 0 Å². The van der Waals surface area contributed by atoms with Crippen molar-refractivity contribution >= 4 is 5.91 Å². The van der Waals surface area contributed by atoms with Crippen molar-refractivity contribution in [2.24, 2.45) is 0 Å². The average molecular weight is 636 g/mol. The number of aliphatic hydroxyl groups is 3. The van der Waals surface area contributed by atoms with Gasteiger partial charge in [-0.05, 0) is 44.9 Å². The Morgan fingerprint density at radius 2 is 0.933 bits per heavy atom. The molecule has 0 saturated carbocycles. The van der Waals surface area contributed by atoms with Crippen LogP contribution in [0, 0.1) is 0 Å². The molecular weight excluding hydrogens is 558 g/mol. The fraction of sp³-hybridized carbons (Fsp3) is 0.875. The van der Waals surface area contributed by atoms with Gasteiger partial charge in [-0.2, -0.15) is 0 Å². The highest BCUT2D eigenvalue weighted by Gasteiger charge is 2.20. The molecule has 3 unspecified atom stereocenters. The zero-order valence-corrected chi connectivity index (χ0v) is 30.0. The number of carbonyl (C=O) groups is 1. The summed E-state index contributed by atoms with van der Waals surface area (Å²) in [6, 6.07) is -0.743. The second kappa shape index (κ2) is 35.7. The van der Waals surface area contributed by atoms with Gasteiger partial charge in [0.05, 0.1) is 31.3 Å². The summed E-state index contributed by atoms with van der Waals surface area (Å²) in [5.74, 6) is -0.321. The molecule has 5 heteroatoms. The van der Waals surface area contributed by atoms with Gasteiger partial charge in [0.15, 0.2) is 0 Å². The second-order valence-corrected chi connectivity index (χ2v) is 13.5. The van der Waals surface area contributed by atoms with Gasteiger partial charge in [-0.25, -0.2) is 0 Å². The van der Waals surface area contributed by atoms with E-state index in [1.165, 1.54) is 135 Å². The molecule has 4 N–H and O–H groups in total. The third kappa shape index (κ3) is 32.6. The molecule has 0 aliphatic rings. The minimum Gasteiger partial charge on any atom is -0.394 e. The zero-order valence-electron chi connectivity index (χ0n) is 30.0. The van der Waals surface area contributed by atoms with Crippen molar-refractivity contribution in [1.29, 1.82) is 0 Å². The van der Waals surface area contributed by atoms with Gasteiger partial charge in [0.25, 0.3) is 0 Å². The SMILES string of the molecule is CCCCCCCCCCC/C=C\CCCCCCCC(O)CC(=O)NC(CO)C(O)/C=C/CCCCCCCCCCCC. The molecule has 3 atom stereocenters. The van der Waals surface area contributed by atoms with Crippen LogP contribution >= 0.6 is 0 Å². The predicted molar refractivity (Wildman–Crippen MR) is 195 cm³/mol. The molecule has 0 radical (unpaired) electrons. The van der Waals surface area contributed by atoms with E-state index in [9.17, 15) is 20.1 Å². The molecule has 0 spiro atoms. The Balaban J connectivity index is 3.71. The largest absolute Gasteiger partial charge is 0.394 e. The van der Waals surface area contributed by atoms with Crippen LogP contribution in [-0.4, -0.2) is 46.1 Å². The van der Waals surface area contributed by atoms with Gasteiger partial charge in [0.1, 0.15) is 0 Å². The summed E-state index contributed by atoms with van der Waals surface area (Å²) in [7, 11) is 0. The number of rotatable bonds is 35. The van der Waals surface area contributed by atoms with Crippen molar-refractivity contribution in [2.75, 3.05) is 6.61 Å². The number of hydrogen-bond acceptors (Lipinski definition) is 4. The van der Waals surface area contributed by atoms with E-state index in [1.54, 1.807) is 6.08 Å². The van der Waals surface area contributed by atoms with Crippen molar-refractivity contribution in [2.45, 2.75) is 218 Å². The summed E-state index contributed by atoms with van der Waals surface area (Å²) in [5, 5.41) is 33.1. The van der Waals surface area contributed by atoms with Gasteiger partial charge in [0, 0.05) is 0 Å². The number of allylic oxidation sites excluding steroid dienone is 3. The summed E-state index contributed by atoms with van der Waals surface area (Å²) < 4.78 is 0. The normalized spacial score (nSPS) is 14.0. The number of unbranched alkanes of at least 4 members (excludes halogenated alkanes) is 24. The Morgan fingerprint density at radius 1 is 0.556 bits per heavy atom. The molecule has 0 aromatic carbocycles. The van der Waals surface area contributed by atoms with Crippen molar-refractivity contribution < 1.29 is 20.1 Å². The summed E-state index contributed by atoms with van der Waals surface area (Å²) in [6.45, 7) is 4.19. The van der Waals surface area contributed by atoms with Crippen molar-refractivity contribution in [3.05, 3.63) is 24.3 Å². The minimum atomic E-state index is -0.927. The van der Waals surface area contributed by atoms with Crippen LogP contribution < -0.4 is 5.32 Å².